The Hall–Kier alpha value is -2.47. The van der Waals surface area contributed by atoms with Gasteiger partial charge < -0.3 is 10.6 Å². The topological polar surface area (TPSA) is 84.0 Å². The monoisotopic (exact) mass is 318 g/mol. The van der Waals surface area contributed by atoms with Crippen molar-refractivity contribution in [1.82, 2.24) is 15.3 Å². The van der Waals surface area contributed by atoms with Crippen LogP contribution in [0.5, 0.6) is 0 Å². The Balaban J connectivity index is 2.37. The van der Waals surface area contributed by atoms with E-state index in [-0.39, 0.29) is 5.82 Å². The van der Waals surface area contributed by atoms with Crippen LogP contribution in [0.3, 0.4) is 0 Å². The van der Waals surface area contributed by atoms with E-state index in [1.807, 2.05) is 0 Å². The van der Waals surface area contributed by atoms with E-state index >= 15 is 0 Å². The van der Waals surface area contributed by atoms with Crippen LogP contribution in [-0.4, -0.2) is 33.2 Å². The van der Waals surface area contributed by atoms with Gasteiger partial charge in [0.05, 0.1) is 6.20 Å². The Bertz CT molecular complexity index is 651. The van der Waals surface area contributed by atoms with Crippen LogP contribution in [0.15, 0.2) is 48.9 Å². The van der Waals surface area contributed by atoms with Crippen LogP contribution in [0.2, 0.25) is 0 Å². The van der Waals surface area contributed by atoms with Crippen molar-refractivity contribution >= 4 is 29.1 Å². The average molecular weight is 319 g/mol. The van der Waals surface area contributed by atoms with Crippen LogP contribution in [0, 0.1) is 0 Å². The Morgan fingerprint density at radius 1 is 1.23 bits per heavy atom. The molecule has 0 aliphatic carbocycles. The summed E-state index contributed by atoms with van der Waals surface area (Å²) in [7, 11) is 0. The molecular formula is C15H15ClN4O2. The lowest BCUT2D eigenvalue weighted by molar-refractivity contribution is -0.121. The van der Waals surface area contributed by atoms with Gasteiger partial charge in [0.15, 0.2) is 0 Å². The second-order valence-corrected chi connectivity index (χ2v) is 5.00. The van der Waals surface area contributed by atoms with Gasteiger partial charge in [0.25, 0.3) is 10.9 Å². The molecule has 22 heavy (non-hydrogen) atoms. The number of benzene rings is 1. The van der Waals surface area contributed by atoms with Crippen LogP contribution >= 0.6 is 11.6 Å². The summed E-state index contributed by atoms with van der Waals surface area (Å²) < 4.78 is 0. The molecule has 0 radical (unpaired) electrons. The summed E-state index contributed by atoms with van der Waals surface area (Å²) in [5, 5.41) is 5.22. The molecule has 1 aromatic carbocycles. The molecule has 1 atom stereocenters. The van der Waals surface area contributed by atoms with Crippen LogP contribution in [0.4, 0.5) is 5.82 Å². The third-order valence-electron chi connectivity index (χ3n) is 2.86. The van der Waals surface area contributed by atoms with E-state index in [1.165, 1.54) is 18.6 Å². The number of aromatic nitrogens is 2. The highest BCUT2D eigenvalue weighted by Gasteiger charge is 2.44. The Morgan fingerprint density at radius 3 is 2.55 bits per heavy atom. The molecule has 1 aromatic heterocycles. The molecule has 0 aliphatic heterocycles. The highest BCUT2D eigenvalue weighted by molar-refractivity contribution is 6.49. The molecule has 7 heteroatoms. The van der Waals surface area contributed by atoms with E-state index in [1.54, 1.807) is 37.3 Å². The van der Waals surface area contributed by atoms with Gasteiger partial charge in [0, 0.05) is 24.5 Å². The zero-order valence-corrected chi connectivity index (χ0v) is 12.7. The number of alkyl halides is 1. The average Bonchev–Trinajstić information content (AvgIpc) is 2.56. The number of nitrogens with one attached hydrogen (secondary N) is 2. The minimum Gasteiger partial charge on any atom is -0.353 e. The van der Waals surface area contributed by atoms with Gasteiger partial charge in [-0.25, -0.2) is 4.98 Å². The van der Waals surface area contributed by atoms with E-state index in [0.29, 0.717) is 12.1 Å². The molecule has 0 bridgehead atoms. The second kappa shape index (κ2) is 7.00. The van der Waals surface area contributed by atoms with Gasteiger partial charge in [-0.05, 0) is 6.92 Å². The molecule has 6 nitrogen and oxygen atoms in total. The first kappa shape index (κ1) is 15.9. The molecule has 2 aromatic rings. The number of carbonyl (C=O) groups excluding carboxylic acids is 2. The maximum atomic E-state index is 12.7. The normalized spacial score (nSPS) is 13.0. The molecular weight excluding hydrogens is 304 g/mol. The van der Waals surface area contributed by atoms with Gasteiger partial charge in [-0.2, -0.15) is 0 Å². The first-order valence-electron chi connectivity index (χ1n) is 6.69. The predicted molar refractivity (Wildman–Crippen MR) is 83.7 cm³/mol. The van der Waals surface area contributed by atoms with Crippen LogP contribution < -0.4 is 10.6 Å². The quantitative estimate of drug-likeness (QED) is 0.367. The first-order chi connectivity index (χ1) is 10.6. The molecule has 0 saturated heterocycles. The van der Waals surface area contributed by atoms with E-state index < -0.39 is 16.7 Å². The maximum absolute atomic E-state index is 12.7. The smallest absolute Gasteiger partial charge is 0.269 e. The molecule has 2 rings (SSSR count). The number of ketones is 1. The van der Waals surface area contributed by atoms with E-state index in [2.05, 4.69) is 20.6 Å². The van der Waals surface area contributed by atoms with Gasteiger partial charge in [0.1, 0.15) is 5.82 Å². The van der Waals surface area contributed by atoms with Crippen molar-refractivity contribution in [2.75, 3.05) is 11.9 Å². The number of Topliss-reactive ketones (excluding diaryl/α,β-unsaturated/α-hetero) is 1. The van der Waals surface area contributed by atoms with Crippen LogP contribution in [0.25, 0.3) is 0 Å². The number of anilines is 1. The number of hydrogen-bond donors (Lipinski definition) is 2. The highest BCUT2D eigenvalue weighted by atomic mass is 35.5. The summed E-state index contributed by atoms with van der Waals surface area (Å²) >= 11 is 6.35. The Morgan fingerprint density at radius 2 is 1.95 bits per heavy atom. The van der Waals surface area contributed by atoms with Crippen LogP contribution in [0.1, 0.15) is 17.3 Å². The van der Waals surface area contributed by atoms with Gasteiger partial charge in [-0.15, -0.1) is 0 Å². The van der Waals surface area contributed by atoms with E-state index in [4.69, 9.17) is 11.6 Å². The minimum atomic E-state index is -1.99. The fourth-order valence-corrected chi connectivity index (χ4v) is 2.10. The molecule has 114 valence electrons. The van der Waals surface area contributed by atoms with Crippen molar-refractivity contribution in [2.24, 2.45) is 0 Å². The lowest BCUT2D eigenvalue weighted by Gasteiger charge is -2.26. The second-order valence-electron chi connectivity index (χ2n) is 4.43. The van der Waals surface area contributed by atoms with Crippen molar-refractivity contribution in [2.45, 2.75) is 11.9 Å². The first-order valence-corrected chi connectivity index (χ1v) is 7.07. The summed E-state index contributed by atoms with van der Waals surface area (Å²) in [6.45, 7) is 2.09. The number of nitrogens with zero attached hydrogens (tertiary/aromatic N) is 2. The molecule has 1 amide bonds. The lowest BCUT2D eigenvalue weighted by Crippen LogP contribution is -2.54. The number of amides is 1. The van der Waals surface area contributed by atoms with Crippen molar-refractivity contribution < 1.29 is 9.59 Å². The number of rotatable bonds is 6. The third-order valence-corrected chi connectivity index (χ3v) is 3.30. The third kappa shape index (κ3) is 3.40. The van der Waals surface area contributed by atoms with Gasteiger partial charge >= 0.3 is 0 Å². The Kier molecular flexibility index (Phi) is 5.06. The van der Waals surface area contributed by atoms with Crippen LogP contribution in [-0.2, 0) is 4.79 Å². The highest BCUT2D eigenvalue weighted by Crippen LogP contribution is 2.23. The summed E-state index contributed by atoms with van der Waals surface area (Å²) in [5.74, 6) is -0.976. The Labute approximate surface area is 132 Å². The zero-order chi connectivity index (χ0) is 16.0. The number of likely N-dealkylation sites (N-methyl/N-ethyl adjacent to an activating group) is 1. The number of hydrogen-bond acceptors (Lipinski definition) is 5. The molecule has 1 heterocycles. The number of carbonyl (C=O) groups is 2. The van der Waals surface area contributed by atoms with E-state index in [9.17, 15) is 9.59 Å². The molecule has 0 fully saturated rings. The fraction of sp³-hybridized carbons (Fsp3) is 0.200. The van der Waals surface area contributed by atoms with Crippen molar-refractivity contribution in [3.8, 4) is 0 Å². The van der Waals surface area contributed by atoms with Crippen molar-refractivity contribution in [1.29, 1.82) is 0 Å². The standard InChI is InChI=1S/C15H15ClN4O2/c1-2-18-14(22)15(16,20-12-10-17-8-9-19-12)13(21)11-6-4-3-5-7-11/h3-10H,2H2,1H3,(H,18,22)(H,19,20). The number of halogens is 1. The summed E-state index contributed by atoms with van der Waals surface area (Å²) in [6, 6.07) is 8.36. The molecule has 0 saturated carbocycles. The largest absolute Gasteiger partial charge is 0.353 e. The predicted octanol–water partition coefficient (Wildman–Crippen LogP) is 1.84. The van der Waals surface area contributed by atoms with Crippen molar-refractivity contribution in [3.05, 3.63) is 54.5 Å². The van der Waals surface area contributed by atoms with Gasteiger partial charge in [0.2, 0.25) is 5.78 Å². The van der Waals surface area contributed by atoms with Gasteiger partial charge in [-0.1, -0.05) is 41.9 Å². The maximum Gasteiger partial charge on any atom is 0.269 e. The zero-order valence-electron chi connectivity index (χ0n) is 11.9. The SMILES string of the molecule is CCNC(=O)C(Cl)(Nc1cnccn1)C(=O)c1ccccc1. The minimum absolute atomic E-state index is 0.230. The van der Waals surface area contributed by atoms with Gasteiger partial charge in [-0.3, -0.25) is 14.6 Å². The molecule has 0 aliphatic rings. The van der Waals surface area contributed by atoms with Crippen molar-refractivity contribution in [3.63, 3.8) is 0 Å². The lowest BCUT2D eigenvalue weighted by atomic mass is 10.0. The summed E-state index contributed by atoms with van der Waals surface area (Å²) in [6.07, 6.45) is 4.30. The summed E-state index contributed by atoms with van der Waals surface area (Å²) in [5.41, 5.74) is 0.320. The summed E-state index contributed by atoms with van der Waals surface area (Å²) in [4.78, 5) is 30.9. The molecule has 0 spiro atoms. The van der Waals surface area contributed by atoms with E-state index in [0.717, 1.165) is 0 Å². The molecule has 2 N–H and O–H groups in total. The fourth-order valence-electron chi connectivity index (χ4n) is 1.83. The molecule has 1 unspecified atom stereocenters.